The summed E-state index contributed by atoms with van der Waals surface area (Å²) < 4.78 is 1.89. The first-order chi connectivity index (χ1) is 15.8. The maximum atomic E-state index is 12.5. The molecule has 0 unspecified atom stereocenters. The largest absolute Gasteiger partial charge is 0.378 e. The summed E-state index contributed by atoms with van der Waals surface area (Å²) >= 11 is 1.50. The second-order valence-electron chi connectivity index (χ2n) is 8.51. The summed E-state index contributed by atoms with van der Waals surface area (Å²) in [6.45, 7) is 6.21. The first-order valence-electron chi connectivity index (χ1n) is 10.9. The summed E-state index contributed by atoms with van der Waals surface area (Å²) in [5.41, 5.74) is 8.43. The van der Waals surface area contributed by atoms with E-state index in [-0.39, 0.29) is 12.3 Å². The van der Waals surface area contributed by atoms with Gasteiger partial charge >= 0.3 is 0 Å². The third kappa shape index (κ3) is 5.31. The van der Waals surface area contributed by atoms with Crippen LogP contribution in [0.4, 0.5) is 11.4 Å². The van der Waals surface area contributed by atoms with Crippen LogP contribution < -0.4 is 10.2 Å². The highest BCUT2D eigenvalue weighted by molar-refractivity contribution is 7.12. The van der Waals surface area contributed by atoms with Crippen molar-refractivity contribution in [1.82, 2.24) is 14.8 Å². The Balaban J connectivity index is 1.44. The summed E-state index contributed by atoms with van der Waals surface area (Å²) in [6, 6.07) is 16.4. The van der Waals surface area contributed by atoms with Gasteiger partial charge in [0.2, 0.25) is 11.0 Å². The SMILES string of the molecule is Cc1ccc(Cc2c(C)nn(-c3nc(CC(=O)Nc4ccc(N(C)C)cc4)cs3)c2C)cc1. The lowest BCUT2D eigenvalue weighted by Gasteiger charge is -2.12. The summed E-state index contributed by atoms with van der Waals surface area (Å²) in [5.74, 6) is -0.0853. The van der Waals surface area contributed by atoms with Crippen molar-refractivity contribution in [3.8, 4) is 5.13 Å². The van der Waals surface area contributed by atoms with Crippen LogP contribution in [-0.2, 0) is 17.6 Å². The van der Waals surface area contributed by atoms with E-state index in [1.54, 1.807) is 0 Å². The monoisotopic (exact) mass is 459 g/mol. The summed E-state index contributed by atoms with van der Waals surface area (Å²) in [4.78, 5) is 19.2. The third-order valence-electron chi connectivity index (χ3n) is 5.67. The van der Waals surface area contributed by atoms with Gasteiger partial charge in [0.25, 0.3) is 0 Å². The van der Waals surface area contributed by atoms with Crippen LogP contribution in [-0.4, -0.2) is 34.8 Å². The molecule has 0 saturated carbocycles. The molecule has 2 heterocycles. The number of nitrogens with zero attached hydrogens (tertiary/aromatic N) is 4. The highest BCUT2D eigenvalue weighted by Crippen LogP contribution is 2.24. The number of aromatic nitrogens is 3. The van der Waals surface area contributed by atoms with Crippen molar-refractivity contribution >= 4 is 28.6 Å². The lowest BCUT2D eigenvalue weighted by molar-refractivity contribution is -0.115. The van der Waals surface area contributed by atoms with Gasteiger partial charge in [0.05, 0.1) is 17.8 Å². The number of benzene rings is 2. The number of hydrogen-bond donors (Lipinski definition) is 1. The van der Waals surface area contributed by atoms with Gasteiger partial charge in [0.1, 0.15) is 0 Å². The molecule has 1 N–H and O–H groups in total. The highest BCUT2D eigenvalue weighted by atomic mass is 32.1. The Hall–Kier alpha value is -3.45. The van der Waals surface area contributed by atoms with Gasteiger partial charge < -0.3 is 10.2 Å². The standard InChI is InChI=1S/C26H29N5OS/c1-17-6-8-20(9-7-17)14-24-18(2)29-31(19(24)3)26-28-22(16-33-26)15-25(32)27-21-10-12-23(13-11-21)30(4)5/h6-13,16H,14-15H2,1-5H3,(H,27,32). The number of rotatable bonds is 7. The maximum absolute atomic E-state index is 12.5. The highest BCUT2D eigenvalue weighted by Gasteiger charge is 2.16. The van der Waals surface area contributed by atoms with Gasteiger partial charge in [-0.25, -0.2) is 9.67 Å². The predicted molar refractivity (Wildman–Crippen MR) is 136 cm³/mol. The Morgan fingerprint density at radius 2 is 1.73 bits per heavy atom. The molecule has 170 valence electrons. The van der Waals surface area contributed by atoms with Gasteiger partial charge in [-0.05, 0) is 50.6 Å². The molecule has 0 bridgehead atoms. The summed E-state index contributed by atoms with van der Waals surface area (Å²) in [6.07, 6.45) is 1.06. The van der Waals surface area contributed by atoms with Crippen molar-refractivity contribution in [1.29, 1.82) is 0 Å². The van der Waals surface area contributed by atoms with Crippen LogP contribution >= 0.6 is 11.3 Å². The van der Waals surface area contributed by atoms with E-state index in [0.717, 1.165) is 40.0 Å². The topological polar surface area (TPSA) is 63.1 Å². The summed E-state index contributed by atoms with van der Waals surface area (Å²) in [5, 5.41) is 10.4. The molecule has 2 aromatic heterocycles. The van der Waals surface area contributed by atoms with Crippen molar-refractivity contribution < 1.29 is 4.79 Å². The minimum Gasteiger partial charge on any atom is -0.378 e. The number of hydrogen-bond acceptors (Lipinski definition) is 5. The van der Waals surface area contributed by atoms with Crippen LogP contribution in [0.3, 0.4) is 0 Å². The van der Waals surface area contributed by atoms with Crippen molar-refractivity contribution in [2.24, 2.45) is 0 Å². The molecule has 0 radical (unpaired) electrons. The van der Waals surface area contributed by atoms with E-state index in [9.17, 15) is 4.79 Å². The number of anilines is 2. The number of amides is 1. The molecule has 1 amide bonds. The fraction of sp³-hybridized carbons (Fsp3) is 0.269. The molecule has 0 spiro atoms. The minimum absolute atomic E-state index is 0.0853. The average molecular weight is 460 g/mol. The molecule has 0 aliphatic carbocycles. The van der Waals surface area contributed by atoms with Crippen LogP contribution in [0.15, 0.2) is 53.9 Å². The normalized spacial score (nSPS) is 10.9. The van der Waals surface area contributed by atoms with Crippen molar-refractivity contribution in [3.05, 3.63) is 87.7 Å². The lowest BCUT2D eigenvalue weighted by atomic mass is 10.0. The van der Waals surface area contributed by atoms with Crippen molar-refractivity contribution in [3.63, 3.8) is 0 Å². The molecule has 0 atom stereocenters. The number of nitrogens with one attached hydrogen (secondary N) is 1. The minimum atomic E-state index is -0.0853. The Bertz CT molecular complexity index is 1250. The maximum Gasteiger partial charge on any atom is 0.230 e. The van der Waals surface area contributed by atoms with Crippen molar-refractivity contribution in [2.75, 3.05) is 24.3 Å². The van der Waals surface area contributed by atoms with Crippen LogP contribution in [0.5, 0.6) is 0 Å². The quantitative estimate of drug-likeness (QED) is 0.418. The molecule has 0 fully saturated rings. The molecule has 7 heteroatoms. The first kappa shape index (κ1) is 22.7. The average Bonchev–Trinajstić information content (AvgIpc) is 3.35. The zero-order valence-electron chi connectivity index (χ0n) is 19.7. The number of carbonyl (C=O) groups is 1. The smallest absolute Gasteiger partial charge is 0.230 e. The van der Waals surface area contributed by atoms with E-state index in [0.29, 0.717) is 0 Å². The van der Waals surface area contributed by atoms with Gasteiger partial charge in [-0.15, -0.1) is 11.3 Å². The van der Waals surface area contributed by atoms with Gasteiger partial charge in [-0.3, -0.25) is 4.79 Å². The molecule has 2 aromatic carbocycles. The van der Waals surface area contributed by atoms with Gasteiger partial charge in [-0.2, -0.15) is 5.10 Å². The van der Waals surface area contributed by atoms with E-state index in [2.05, 4.69) is 48.4 Å². The zero-order valence-corrected chi connectivity index (χ0v) is 20.5. The van der Waals surface area contributed by atoms with E-state index >= 15 is 0 Å². The third-order valence-corrected chi connectivity index (χ3v) is 6.54. The molecule has 4 rings (SSSR count). The Labute approximate surface area is 198 Å². The van der Waals surface area contributed by atoms with Crippen LogP contribution in [0, 0.1) is 20.8 Å². The van der Waals surface area contributed by atoms with Gasteiger partial charge in [0, 0.05) is 48.5 Å². The predicted octanol–water partition coefficient (Wildman–Crippen LogP) is 5.09. The lowest BCUT2D eigenvalue weighted by Crippen LogP contribution is -2.15. The van der Waals surface area contributed by atoms with E-state index in [1.807, 2.05) is 60.2 Å². The second-order valence-corrected chi connectivity index (χ2v) is 9.35. The van der Waals surface area contributed by atoms with Crippen LogP contribution in [0.25, 0.3) is 5.13 Å². The second kappa shape index (κ2) is 9.58. The van der Waals surface area contributed by atoms with Crippen molar-refractivity contribution in [2.45, 2.75) is 33.6 Å². The molecular weight excluding hydrogens is 430 g/mol. The zero-order chi connectivity index (χ0) is 23.5. The number of carbonyl (C=O) groups excluding carboxylic acids is 1. The van der Waals surface area contributed by atoms with E-state index < -0.39 is 0 Å². The molecule has 33 heavy (non-hydrogen) atoms. The Kier molecular flexibility index (Phi) is 6.60. The first-order valence-corrected chi connectivity index (χ1v) is 11.8. The van der Waals surface area contributed by atoms with Crippen LogP contribution in [0.2, 0.25) is 0 Å². The number of thiazole rings is 1. The molecule has 0 aliphatic heterocycles. The van der Waals surface area contributed by atoms with Gasteiger partial charge in [-0.1, -0.05) is 29.8 Å². The van der Waals surface area contributed by atoms with E-state index in [1.165, 1.54) is 28.0 Å². The van der Waals surface area contributed by atoms with Crippen LogP contribution in [0.1, 0.15) is 33.8 Å². The fourth-order valence-corrected chi connectivity index (χ4v) is 4.54. The Morgan fingerprint density at radius 3 is 2.39 bits per heavy atom. The molecule has 0 aliphatic rings. The van der Waals surface area contributed by atoms with Gasteiger partial charge in [0.15, 0.2) is 0 Å². The molecule has 4 aromatic rings. The molecular formula is C26H29N5OS. The fourth-order valence-electron chi connectivity index (χ4n) is 3.71. The molecule has 6 nitrogen and oxygen atoms in total. The summed E-state index contributed by atoms with van der Waals surface area (Å²) in [7, 11) is 3.98. The van der Waals surface area contributed by atoms with E-state index in [4.69, 9.17) is 5.10 Å². The Morgan fingerprint density at radius 1 is 1.03 bits per heavy atom. The molecule has 0 saturated heterocycles. The number of aryl methyl sites for hydroxylation is 2.